The van der Waals surface area contributed by atoms with E-state index in [2.05, 4.69) is 15.9 Å². The molecule has 2 aromatic rings. The summed E-state index contributed by atoms with van der Waals surface area (Å²) < 4.78 is 14.6. The third-order valence-corrected chi connectivity index (χ3v) is 5.08. The van der Waals surface area contributed by atoms with E-state index in [4.69, 9.17) is 0 Å². The second-order valence-electron chi connectivity index (χ2n) is 6.53. The summed E-state index contributed by atoms with van der Waals surface area (Å²) in [6, 6.07) is 14.1. The summed E-state index contributed by atoms with van der Waals surface area (Å²) in [4.78, 5) is 30.1. The van der Waals surface area contributed by atoms with Gasteiger partial charge in [-0.3, -0.25) is 4.79 Å². The molecule has 2 aromatic carbocycles. The molecule has 5 nitrogen and oxygen atoms in total. The molecular formula is C20H21BrFN3O2. The Morgan fingerprint density at radius 2 is 1.67 bits per heavy atom. The van der Waals surface area contributed by atoms with Crippen LogP contribution in [0.5, 0.6) is 0 Å². The van der Waals surface area contributed by atoms with Crippen LogP contribution in [-0.2, 0) is 6.54 Å². The molecule has 0 spiro atoms. The van der Waals surface area contributed by atoms with Crippen LogP contribution in [0.1, 0.15) is 15.9 Å². The molecule has 0 radical (unpaired) electrons. The number of halogens is 2. The number of rotatable bonds is 3. The predicted molar refractivity (Wildman–Crippen MR) is 105 cm³/mol. The molecule has 7 heteroatoms. The minimum Gasteiger partial charge on any atom is -0.335 e. The molecule has 142 valence electrons. The third-order valence-electron chi connectivity index (χ3n) is 4.59. The van der Waals surface area contributed by atoms with Crippen LogP contribution in [0, 0.1) is 5.82 Å². The highest BCUT2D eigenvalue weighted by Crippen LogP contribution is 2.18. The largest absolute Gasteiger partial charge is 0.335 e. The van der Waals surface area contributed by atoms with E-state index in [-0.39, 0.29) is 17.5 Å². The zero-order valence-corrected chi connectivity index (χ0v) is 16.7. The van der Waals surface area contributed by atoms with Crippen LogP contribution < -0.4 is 0 Å². The van der Waals surface area contributed by atoms with Crippen molar-refractivity contribution in [3.05, 3.63) is 69.9 Å². The maximum Gasteiger partial charge on any atom is 0.320 e. The lowest BCUT2D eigenvalue weighted by Gasteiger charge is -2.36. The Morgan fingerprint density at radius 3 is 2.30 bits per heavy atom. The van der Waals surface area contributed by atoms with Crippen molar-refractivity contribution >= 4 is 27.9 Å². The van der Waals surface area contributed by atoms with Crippen LogP contribution in [0.4, 0.5) is 9.18 Å². The van der Waals surface area contributed by atoms with E-state index in [1.54, 1.807) is 27.8 Å². The molecule has 0 saturated carbocycles. The Kier molecular flexibility index (Phi) is 6.11. The zero-order chi connectivity index (χ0) is 19.4. The van der Waals surface area contributed by atoms with Crippen LogP contribution in [0.25, 0.3) is 0 Å². The molecule has 3 amide bonds. The van der Waals surface area contributed by atoms with Crippen molar-refractivity contribution in [2.45, 2.75) is 6.54 Å². The van der Waals surface area contributed by atoms with Crippen molar-refractivity contribution < 1.29 is 14.0 Å². The van der Waals surface area contributed by atoms with E-state index >= 15 is 0 Å². The van der Waals surface area contributed by atoms with Gasteiger partial charge in [0.25, 0.3) is 5.91 Å². The number of piperazine rings is 1. The van der Waals surface area contributed by atoms with Gasteiger partial charge in [0.15, 0.2) is 0 Å². The van der Waals surface area contributed by atoms with Crippen molar-refractivity contribution in [1.82, 2.24) is 14.7 Å². The minimum absolute atomic E-state index is 0.0548. The van der Waals surface area contributed by atoms with Gasteiger partial charge in [-0.1, -0.05) is 46.3 Å². The second kappa shape index (κ2) is 8.52. The summed E-state index contributed by atoms with van der Waals surface area (Å²) in [5.74, 6) is -0.889. The molecule has 0 unspecified atom stereocenters. The fourth-order valence-corrected chi connectivity index (χ4v) is 3.43. The lowest BCUT2D eigenvalue weighted by atomic mass is 10.1. The molecule has 1 saturated heterocycles. The summed E-state index contributed by atoms with van der Waals surface area (Å²) in [6.45, 7) is 2.17. The average Bonchev–Trinajstić information content (AvgIpc) is 2.68. The first-order valence-electron chi connectivity index (χ1n) is 8.74. The summed E-state index contributed by atoms with van der Waals surface area (Å²) in [6.07, 6.45) is 0. The average molecular weight is 434 g/mol. The van der Waals surface area contributed by atoms with Crippen LogP contribution in [0.3, 0.4) is 0 Å². The SMILES string of the molecule is CN(Cc1ccccc1)C(=O)N1CCN(C(=O)c2ccc(Br)cc2F)CC1. The molecule has 3 rings (SSSR count). The van der Waals surface area contributed by atoms with Crippen molar-refractivity contribution in [2.24, 2.45) is 0 Å². The minimum atomic E-state index is -0.546. The Bertz CT molecular complexity index is 823. The Hall–Kier alpha value is -2.41. The Labute approximate surface area is 166 Å². The van der Waals surface area contributed by atoms with Crippen molar-refractivity contribution in [3.8, 4) is 0 Å². The number of carbonyl (C=O) groups excluding carboxylic acids is 2. The van der Waals surface area contributed by atoms with E-state index in [1.165, 1.54) is 12.1 Å². The van der Waals surface area contributed by atoms with Gasteiger partial charge >= 0.3 is 6.03 Å². The van der Waals surface area contributed by atoms with Crippen molar-refractivity contribution in [3.63, 3.8) is 0 Å². The lowest BCUT2D eigenvalue weighted by Crippen LogP contribution is -2.53. The highest BCUT2D eigenvalue weighted by atomic mass is 79.9. The number of urea groups is 1. The number of benzene rings is 2. The molecule has 0 bridgehead atoms. The smallest absolute Gasteiger partial charge is 0.320 e. The number of amides is 3. The van der Waals surface area contributed by atoms with Gasteiger partial charge in [0.1, 0.15) is 5.82 Å². The topological polar surface area (TPSA) is 43.9 Å². The fraction of sp³-hybridized carbons (Fsp3) is 0.300. The third kappa shape index (κ3) is 4.66. The van der Waals surface area contributed by atoms with Crippen molar-refractivity contribution in [2.75, 3.05) is 33.2 Å². The summed E-state index contributed by atoms with van der Waals surface area (Å²) in [5.41, 5.74) is 1.12. The van der Waals surface area contributed by atoms with E-state index in [9.17, 15) is 14.0 Å². The second-order valence-corrected chi connectivity index (χ2v) is 7.44. The van der Waals surface area contributed by atoms with Gasteiger partial charge in [-0.25, -0.2) is 9.18 Å². The molecule has 0 N–H and O–H groups in total. The summed E-state index contributed by atoms with van der Waals surface area (Å²) >= 11 is 3.19. The first-order chi connectivity index (χ1) is 13.0. The van der Waals surface area contributed by atoms with E-state index in [0.29, 0.717) is 37.2 Å². The zero-order valence-electron chi connectivity index (χ0n) is 15.1. The van der Waals surface area contributed by atoms with E-state index < -0.39 is 5.82 Å². The predicted octanol–water partition coefficient (Wildman–Crippen LogP) is 3.60. The monoisotopic (exact) mass is 433 g/mol. The fourth-order valence-electron chi connectivity index (χ4n) is 3.10. The van der Waals surface area contributed by atoms with Gasteiger partial charge in [0.2, 0.25) is 0 Å². The summed E-state index contributed by atoms with van der Waals surface area (Å²) in [5, 5.41) is 0. The van der Waals surface area contributed by atoms with Gasteiger partial charge in [-0.2, -0.15) is 0 Å². The van der Waals surface area contributed by atoms with Crippen LogP contribution >= 0.6 is 15.9 Å². The molecule has 1 heterocycles. The highest BCUT2D eigenvalue weighted by molar-refractivity contribution is 9.10. The van der Waals surface area contributed by atoms with E-state index in [1.807, 2.05) is 30.3 Å². The molecule has 0 aromatic heterocycles. The molecule has 27 heavy (non-hydrogen) atoms. The number of carbonyl (C=O) groups is 2. The van der Waals surface area contributed by atoms with Gasteiger partial charge < -0.3 is 14.7 Å². The van der Waals surface area contributed by atoms with Crippen LogP contribution in [0.15, 0.2) is 53.0 Å². The summed E-state index contributed by atoms with van der Waals surface area (Å²) in [7, 11) is 1.77. The van der Waals surface area contributed by atoms with Gasteiger partial charge in [0.05, 0.1) is 5.56 Å². The number of hydrogen-bond acceptors (Lipinski definition) is 2. The Morgan fingerprint density at radius 1 is 1.04 bits per heavy atom. The molecule has 1 fully saturated rings. The maximum absolute atomic E-state index is 14.0. The van der Waals surface area contributed by atoms with Crippen LogP contribution in [0.2, 0.25) is 0 Å². The maximum atomic E-state index is 14.0. The lowest BCUT2D eigenvalue weighted by molar-refractivity contribution is 0.0639. The quantitative estimate of drug-likeness (QED) is 0.741. The van der Waals surface area contributed by atoms with Gasteiger partial charge in [-0.15, -0.1) is 0 Å². The molecule has 1 aliphatic rings. The first kappa shape index (κ1) is 19.4. The van der Waals surface area contributed by atoms with E-state index in [0.717, 1.165) is 5.56 Å². The van der Waals surface area contributed by atoms with Gasteiger partial charge in [-0.05, 0) is 23.8 Å². The molecule has 0 aliphatic carbocycles. The van der Waals surface area contributed by atoms with Gasteiger partial charge in [0, 0.05) is 44.2 Å². The standard InChI is InChI=1S/C20H21BrFN3O2/c1-23(14-15-5-3-2-4-6-15)20(27)25-11-9-24(10-12-25)19(26)17-8-7-16(21)13-18(17)22/h2-8,13H,9-12,14H2,1H3. The normalized spacial score (nSPS) is 14.2. The first-order valence-corrected chi connectivity index (χ1v) is 9.53. The molecule has 0 atom stereocenters. The molecular weight excluding hydrogens is 413 g/mol. The number of nitrogens with zero attached hydrogens (tertiary/aromatic N) is 3. The number of hydrogen-bond donors (Lipinski definition) is 0. The Balaban J connectivity index is 1.56. The van der Waals surface area contributed by atoms with Crippen LogP contribution in [-0.4, -0.2) is 59.9 Å². The van der Waals surface area contributed by atoms with Crippen molar-refractivity contribution in [1.29, 1.82) is 0 Å². The highest BCUT2D eigenvalue weighted by Gasteiger charge is 2.27. The molecule has 1 aliphatic heterocycles.